The van der Waals surface area contributed by atoms with E-state index in [1.54, 1.807) is 24.5 Å². The second kappa shape index (κ2) is 10.8. The average Bonchev–Trinajstić information content (AvgIpc) is 2.72. The van der Waals surface area contributed by atoms with E-state index in [2.05, 4.69) is 26.2 Å². The highest BCUT2D eigenvalue weighted by molar-refractivity contribution is 9.10. The molecule has 0 radical (unpaired) electrons. The van der Waals surface area contributed by atoms with E-state index in [-0.39, 0.29) is 0 Å². The molecule has 3 rings (SSSR count). The van der Waals surface area contributed by atoms with Crippen LogP contribution in [0.1, 0.15) is 23.6 Å². The Morgan fingerprint density at radius 2 is 1.66 bits per heavy atom. The fourth-order valence-corrected chi connectivity index (χ4v) is 3.51. The Labute approximate surface area is 189 Å². The average molecular weight is 496 g/mol. The summed E-state index contributed by atoms with van der Waals surface area (Å²) in [6.45, 7) is 4.31. The van der Waals surface area contributed by atoms with Gasteiger partial charge in [0.15, 0.2) is 11.5 Å². The topological polar surface area (TPSA) is 43.4 Å². The van der Waals surface area contributed by atoms with Gasteiger partial charge in [0.1, 0.15) is 6.61 Å². The van der Waals surface area contributed by atoms with Crippen LogP contribution in [-0.4, -0.2) is 11.6 Å². The van der Waals surface area contributed by atoms with Gasteiger partial charge in [0.05, 0.1) is 16.7 Å². The van der Waals surface area contributed by atoms with Crippen LogP contribution in [-0.2, 0) is 19.7 Å². The third kappa shape index (κ3) is 6.34. The van der Waals surface area contributed by atoms with Gasteiger partial charge >= 0.3 is 0 Å². The number of benzene rings is 2. The standard InChI is InChI=1S/C22H21BrCl2N2O2/c1-2-28-21-10-17(13-27-12-15-5-7-26-8-6-15)18(23)11-22(21)29-14-16-3-4-19(24)20(25)9-16/h3-11,27H,2,12-14H2,1H3. The van der Waals surface area contributed by atoms with Crippen LogP contribution in [0.3, 0.4) is 0 Å². The molecule has 2 aromatic carbocycles. The van der Waals surface area contributed by atoms with Crippen LogP contribution in [0.15, 0.2) is 59.3 Å². The van der Waals surface area contributed by atoms with Gasteiger partial charge in [-0.25, -0.2) is 0 Å². The van der Waals surface area contributed by atoms with Crippen LogP contribution < -0.4 is 14.8 Å². The minimum Gasteiger partial charge on any atom is -0.490 e. The van der Waals surface area contributed by atoms with Gasteiger partial charge in [0, 0.05) is 30.0 Å². The first-order valence-electron chi connectivity index (χ1n) is 9.18. The summed E-state index contributed by atoms with van der Waals surface area (Å²) in [7, 11) is 0. The van der Waals surface area contributed by atoms with Gasteiger partial charge in [-0.2, -0.15) is 0 Å². The first-order chi connectivity index (χ1) is 14.1. The van der Waals surface area contributed by atoms with E-state index in [1.807, 2.05) is 37.3 Å². The minimum absolute atomic E-state index is 0.364. The predicted octanol–water partition coefficient (Wildman–Crippen LogP) is 6.42. The second-order valence-corrected chi connectivity index (χ2v) is 7.99. The SMILES string of the molecule is CCOc1cc(CNCc2ccncc2)c(Br)cc1OCc1ccc(Cl)c(Cl)c1. The molecule has 29 heavy (non-hydrogen) atoms. The Morgan fingerprint density at radius 1 is 0.897 bits per heavy atom. The summed E-state index contributed by atoms with van der Waals surface area (Å²) in [5.41, 5.74) is 3.20. The minimum atomic E-state index is 0.364. The quantitative estimate of drug-likeness (QED) is 0.372. The molecule has 0 fully saturated rings. The highest BCUT2D eigenvalue weighted by atomic mass is 79.9. The summed E-state index contributed by atoms with van der Waals surface area (Å²) in [4.78, 5) is 4.04. The third-order valence-corrected chi connectivity index (χ3v) is 5.66. The second-order valence-electron chi connectivity index (χ2n) is 6.32. The van der Waals surface area contributed by atoms with E-state index in [9.17, 15) is 0 Å². The molecular weight excluding hydrogens is 475 g/mol. The number of nitrogens with zero attached hydrogens (tertiary/aromatic N) is 1. The molecule has 0 aliphatic rings. The molecule has 1 N–H and O–H groups in total. The number of hydrogen-bond acceptors (Lipinski definition) is 4. The maximum Gasteiger partial charge on any atom is 0.162 e. The Morgan fingerprint density at radius 3 is 2.38 bits per heavy atom. The van der Waals surface area contributed by atoms with Crippen molar-refractivity contribution in [2.45, 2.75) is 26.6 Å². The highest BCUT2D eigenvalue weighted by Crippen LogP contribution is 2.35. The molecule has 3 aromatic rings. The van der Waals surface area contributed by atoms with Crippen molar-refractivity contribution < 1.29 is 9.47 Å². The Bertz CT molecular complexity index is 955. The number of ether oxygens (including phenoxy) is 2. The van der Waals surface area contributed by atoms with E-state index in [0.29, 0.717) is 41.3 Å². The van der Waals surface area contributed by atoms with Crippen LogP contribution in [0.25, 0.3) is 0 Å². The summed E-state index contributed by atoms with van der Waals surface area (Å²) in [6, 6.07) is 13.4. The zero-order valence-corrected chi connectivity index (χ0v) is 19.0. The van der Waals surface area contributed by atoms with Crippen molar-refractivity contribution in [3.63, 3.8) is 0 Å². The van der Waals surface area contributed by atoms with E-state index in [1.165, 1.54) is 5.56 Å². The lowest BCUT2D eigenvalue weighted by atomic mass is 10.2. The van der Waals surface area contributed by atoms with Crippen molar-refractivity contribution in [2.75, 3.05) is 6.61 Å². The zero-order chi connectivity index (χ0) is 20.6. The van der Waals surface area contributed by atoms with Gasteiger partial charge in [0.2, 0.25) is 0 Å². The fourth-order valence-electron chi connectivity index (χ4n) is 2.73. The van der Waals surface area contributed by atoms with Crippen molar-refractivity contribution in [2.24, 2.45) is 0 Å². The van der Waals surface area contributed by atoms with E-state index in [4.69, 9.17) is 32.7 Å². The lowest BCUT2D eigenvalue weighted by Crippen LogP contribution is -2.13. The van der Waals surface area contributed by atoms with Crippen molar-refractivity contribution in [1.82, 2.24) is 10.3 Å². The Kier molecular flexibility index (Phi) is 8.19. The largest absolute Gasteiger partial charge is 0.490 e. The van der Waals surface area contributed by atoms with Crippen molar-refractivity contribution >= 4 is 39.1 Å². The zero-order valence-electron chi connectivity index (χ0n) is 15.9. The summed E-state index contributed by atoms with van der Waals surface area (Å²) in [6.07, 6.45) is 3.58. The molecule has 0 bridgehead atoms. The van der Waals surface area contributed by atoms with Crippen LogP contribution in [0.5, 0.6) is 11.5 Å². The first-order valence-corrected chi connectivity index (χ1v) is 10.7. The number of rotatable bonds is 9. The predicted molar refractivity (Wildman–Crippen MR) is 121 cm³/mol. The van der Waals surface area contributed by atoms with Gasteiger partial charge in [-0.3, -0.25) is 4.98 Å². The molecule has 1 aromatic heterocycles. The number of pyridine rings is 1. The van der Waals surface area contributed by atoms with E-state index < -0.39 is 0 Å². The molecule has 0 aliphatic carbocycles. The molecule has 0 unspecified atom stereocenters. The molecule has 0 saturated heterocycles. The molecule has 4 nitrogen and oxygen atoms in total. The van der Waals surface area contributed by atoms with Crippen molar-refractivity contribution in [1.29, 1.82) is 0 Å². The number of nitrogens with one attached hydrogen (secondary N) is 1. The smallest absolute Gasteiger partial charge is 0.162 e. The molecule has 152 valence electrons. The lowest BCUT2D eigenvalue weighted by Gasteiger charge is -2.16. The van der Waals surface area contributed by atoms with Crippen molar-refractivity contribution in [3.05, 3.63) is 86.1 Å². The maximum atomic E-state index is 6.09. The fraction of sp³-hybridized carbons (Fsp3) is 0.227. The molecular formula is C22H21BrCl2N2O2. The van der Waals surface area contributed by atoms with Gasteiger partial charge in [-0.15, -0.1) is 0 Å². The summed E-state index contributed by atoms with van der Waals surface area (Å²) in [5.74, 6) is 1.37. The molecule has 7 heteroatoms. The molecule has 0 atom stereocenters. The Hall–Kier alpha value is -1.79. The first kappa shape index (κ1) is 21.9. The third-order valence-electron chi connectivity index (χ3n) is 4.18. The van der Waals surface area contributed by atoms with Gasteiger partial charge in [0.25, 0.3) is 0 Å². The molecule has 0 spiro atoms. The monoisotopic (exact) mass is 494 g/mol. The van der Waals surface area contributed by atoms with Crippen LogP contribution in [0.4, 0.5) is 0 Å². The van der Waals surface area contributed by atoms with Crippen LogP contribution in [0.2, 0.25) is 10.0 Å². The number of aromatic nitrogens is 1. The molecule has 0 amide bonds. The number of hydrogen-bond donors (Lipinski definition) is 1. The van der Waals surface area contributed by atoms with Gasteiger partial charge in [-0.05, 0) is 60.0 Å². The molecule has 0 saturated carbocycles. The normalized spacial score (nSPS) is 10.8. The summed E-state index contributed by atoms with van der Waals surface area (Å²) < 4.78 is 12.7. The van der Waals surface area contributed by atoms with Crippen LogP contribution in [0, 0.1) is 0 Å². The summed E-state index contributed by atoms with van der Waals surface area (Å²) in [5, 5.41) is 4.47. The van der Waals surface area contributed by atoms with Crippen molar-refractivity contribution in [3.8, 4) is 11.5 Å². The van der Waals surface area contributed by atoms with E-state index in [0.717, 1.165) is 22.1 Å². The lowest BCUT2D eigenvalue weighted by molar-refractivity contribution is 0.269. The Balaban J connectivity index is 1.68. The summed E-state index contributed by atoms with van der Waals surface area (Å²) >= 11 is 15.7. The van der Waals surface area contributed by atoms with E-state index >= 15 is 0 Å². The number of halogens is 3. The maximum absolute atomic E-state index is 6.09. The van der Waals surface area contributed by atoms with Gasteiger partial charge < -0.3 is 14.8 Å². The van der Waals surface area contributed by atoms with Gasteiger partial charge in [-0.1, -0.05) is 45.2 Å². The highest BCUT2D eigenvalue weighted by Gasteiger charge is 2.12. The molecule has 1 heterocycles. The van der Waals surface area contributed by atoms with Crippen LogP contribution >= 0.6 is 39.1 Å². The molecule has 0 aliphatic heterocycles.